The van der Waals surface area contributed by atoms with Gasteiger partial charge in [-0.05, 0) is 28.0 Å². The van der Waals surface area contributed by atoms with E-state index in [9.17, 15) is 21.6 Å². The second-order valence-electron chi connectivity index (χ2n) is 9.77. The zero-order chi connectivity index (χ0) is 27.2. The van der Waals surface area contributed by atoms with Crippen molar-refractivity contribution in [3.63, 3.8) is 0 Å². The normalized spacial score (nSPS) is 16.2. The molecule has 0 atom stereocenters. The monoisotopic (exact) mass is 661 g/mol. The average molecular weight is 663 g/mol. The summed E-state index contributed by atoms with van der Waals surface area (Å²) in [5, 5.41) is 6.80. The summed E-state index contributed by atoms with van der Waals surface area (Å²) in [6.45, 7) is 5.22. The predicted octanol–water partition coefficient (Wildman–Crippen LogP) is 5.25. The molecule has 1 saturated heterocycles. The first-order valence-corrected chi connectivity index (χ1v) is 18.2. The van der Waals surface area contributed by atoms with E-state index in [1.54, 1.807) is 0 Å². The predicted molar refractivity (Wildman–Crippen MR) is 139 cm³/mol. The molecule has 0 spiro atoms. The first-order valence-electron chi connectivity index (χ1n) is 11.0. The molecule has 1 aliphatic rings. The van der Waals surface area contributed by atoms with Crippen molar-refractivity contribution in [3.05, 3.63) is 26.9 Å². The largest absolute Gasteiger partial charge is 0.377 e. The van der Waals surface area contributed by atoms with E-state index in [0.717, 1.165) is 10.3 Å². The molecule has 0 aromatic carbocycles. The molecular weight excluding hydrogens is 639 g/mol. The highest BCUT2D eigenvalue weighted by molar-refractivity contribution is 9.10. The summed E-state index contributed by atoms with van der Waals surface area (Å²) in [5.41, 5.74) is -1.11. The average Bonchev–Trinajstić information content (AvgIpc) is 3.39. The minimum absolute atomic E-state index is 0.0176. The first-order chi connectivity index (χ1) is 17.3. The van der Waals surface area contributed by atoms with Gasteiger partial charge in [0.05, 0.1) is 23.8 Å². The van der Waals surface area contributed by atoms with E-state index < -0.39 is 41.7 Å². The topological polar surface area (TPSA) is 98.9 Å². The number of pyridine rings is 1. The molecule has 3 aromatic heterocycles. The van der Waals surface area contributed by atoms with E-state index in [4.69, 9.17) is 21.1 Å². The van der Waals surface area contributed by atoms with Crippen LogP contribution in [0.15, 0.2) is 21.8 Å². The van der Waals surface area contributed by atoms with Crippen LogP contribution in [0.4, 0.5) is 13.2 Å². The molecule has 0 bridgehead atoms. The van der Waals surface area contributed by atoms with Crippen molar-refractivity contribution in [2.45, 2.75) is 42.5 Å². The number of sulfonamides is 1. The molecule has 0 radical (unpaired) electrons. The smallest absolute Gasteiger partial charge is 0.291 e. The third-order valence-corrected chi connectivity index (χ3v) is 11.1. The summed E-state index contributed by atoms with van der Waals surface area (Å²) < 4.78 is 81.6. The number of ether oxygens (including phenoxy) is 2. The fourth-order valence-corrected chi connectivity index (χ4v) is 7.68. The van der Waals surface area contributed by atoms with Gasteiger partial charge in [-0.1, -0.05) is 42.6 Å². The minimum atomic E-state index is -4.36. The molecule has 0 unspecified atom stereocenters. The molecule has 0 aliphatic carbocycles. The zero-order valence-corrected chi connectivity index (χ0v) is 25.0. The number of imidazole rings is 1. The van der Waals surface area contributed by atoms with Crippen molar-refractivity contribution in [1.29, 1.82) is 0 Å². The van der Waals surface area contributed by atoms with Crippen LogP contribution in [-0.4, -0.2) is 79.1 Å². The van der Waals surface area contributed by atoms with Gasteiger partial charge in [0.1, 0.15) is 28.4 Å². The molecule has 37 heavy (non-hydrogen) atoms. The van der Waals surface area contributed by atoms with E-state index >= 15 is 0 Å². The highest BCUT2D eigenvalue weighted by Gasteiger charge is 2.51. The lowest BCUT2D eigenvalue weighted by Crippen LogP contribution is -2.65. The Labute approximate surface area is 230 Å². The van der Waals surface area contributed by atoms with E-state index in [1.807, 2.05) is 0 Å². The Morgan fingerprint density at radius 2 is 2.05 bits per heavy atom. The SMILES string of the molecule is C[Si](C)(C)CCOCN(C1(CF)COC1)S(=O)(=O)c1cc(Cl)c2c(Br)nc(-c3nnc(C(F)F)s3)n2c1. The van der Waals surface area contributed by atoms with Gasteiger partial charge in [0.25, 0.3) is 6.43 Å². The fraction of sp³-hybridized carbons (Fsp3) is 0.550. The zero-order valence-electron chi connectivity index (χ0n) is 20.1. The summed E-state index contributed by atoms with van der Waals surface area (Å²) in [6, 6.07) is 2.03. The van der Waals surface area contributed by atoms with Crippen LogP contribution in [0.25, 0.3) is 16.3 Å². The third kappa shape index (κ3) is 5.76. The molecule has 3 aromatic rings. The number of aromatic nitrogens is 4. The van der Waals surface area contributed by atoms with E-state index in [2.05, 4.69) is 50.8 Å². The summed E-state index contributed by atoms with van der Waals surface area (Å²) in [6.07, 6.45) is -1.58. The molecule has 204 valence electrons. The summed E-state index contributed by atoms with van der Waals surface area (Å²) in [5.74, 6) is 0.0651. The van der Waals surface area contributed by atoms with Crippen LogP contribution in [0.5, 0.6) is 0 Å². The van der Waals surface area contributed by atoms with Gasteiger partial charge in [0.15, 0.2) is 15.8 Å². The van der Waals surface area contributed by atoms with Gasteiger partial charge in [-0.25, -0.2) is 26.6 Å². The highest BCUT2D eigenvalue weighted by Crippen LogP contribution is 2.37. The van der Waals surface area contributed by atoms with Crippen molar-refractivity contribution in [2.75, 3.05) is 33.2 Å². The molecule has 0 saturated carbocycles. The van der Waals surface area contributed by atoms with Gasteiger partial charge in [0.2, 0.25) is 10.0 Å². The summed E-state index contributed by atoms with van der Waals surface area (Å²) >= 11 is 10.4. The number of hydrogen-bond acceptors (Lipinski definition) is 8. The molecule has 1 aliphatic heterocycles. The van der Waals surface area contributed by atoms with Crippen LogP contribution in [-0.2, 0) is 19.5 Å². The van der Waals surface area contributed by atoms with Gasteiger partial charge in [-0.15, -0.1) is 10.2 Å². The lowest BCUT2D eigenvalue weighted by Gasteiger charge is -2.46. The quantitative estimate of drug-likeness (QED) is 0.157. The summed E-state index contributed by atoms with van der Waals surface area (Å²) in [4.78, 5) is 4.03. The lowest BCUT2D eigenvalue weighted by atomic mass is 10.0. The van der Waals surface area contributed by atoms with Crippen molar-refractivity contribution in [1.82, 2.24) is 23.9 Å². The van der Waals surface area contributed by atoms with Gasteiger partial charge in [0, 0.05) is 20.9 Å². The molecule has 4 rings (SSSR count). The second-order valence-corrected chi connectivity index (χ2v) is 19.4. The van der Waals surface area contributed by atoms with E-state index in [1.165, 1.54) is 16.7 Å². The van der Waals surface area contributed by atoms with Crippen molar-refractivity contribution < 1.29 is 31.1 Å². The van der Waals surface area contributed by atoms with Crippen LogP contribution in [0.1, 0.15) is 11.4 Å². The van der Waals surface area contributed by atoms with Crippen LogP contribution < -0.4 is 0 Å². The van der Waals surface area contributed by atoms with Crippen LogP contribution in [0, 0.1) is 0 Å². The molecule has 1 fully saturated rings. The minimum Gasteiger partial charge on any atom is -0.377 e. The van der Waals surface area contributed by atoms with Crippen molar-refractivity contribution in [3.8, 4) is 10.8 Å². The Balaban J connectivity index is 1.76. The number of rotatable bonds is 11. The number of fused-ring (bicyclic) bond motifs is 1. The van der Waals surface area contributed by atoms with Gasteiger partial charge in [-0.3, -0.25) is 4.40 Å². The molecule has 0 amide bonds. The third-order valence-electron chi connectivity index (χ3n) is 5.75. The number of alkyl halides is 3. The van der Waals surface area contributed by atoms with Gasteiger partial charge in [-0.2, -0.15) is 4.31 Å². The Morgan fingerprint density at radius 3 is 2.59 bits per heavy atom. The molecule has 17 heteroatoms. The van der Waals surface area contributed by atoms with Crippen molar-refractivity contribution in [2.24, 2.45) is 0 Å². The molecular formula is C20H24BrClF3N5O4S2Si. The van der Waals surface area contributed by atoms with Gasteiger partial charge < -0.3 is 9.47 Å². The number of halogens is 5. The maximum atomic E-state index is 14.2. The van der Waals surface area contributed by atoms with Crippen molar-refractivity contribution >= 4 is 62.5 Å². The molecule has 0 N–H and O–H groups in total. The van der Waals surface area contributed by atoms with Crippen LogP contribution in [0.3, 0.4) is 0 Å². The highest BCUT2D eigenvalue weighted by atomic mass is 79.9. The summed E-state index contributed by atoms with van der Waals surface area (Å²) in [7, 11) is -5.81. The number of hydrogen-bond donors (Lipinski definition) is 0. The Bertz CT molecular complexity index is 1390. The van der Waals surface area contributed by atoms with Crippen LogP contribution >= 0.6 is 38.9 Å². The maximum Gasteiger partial charge on any atom is 0.291 e. The maximum absolute atomic E-state index is 14.2. The second kappa shape index (κ2) is 10.8. The van der Waals surface area contributed by atoms with E-state index in [0.29, 0.717) is 23.5 Å². The standard InChI is InChI=1S/C20H24BrClF3N5O4S2Si/c1-37(2,3)5-4-33-11-30(20(8-23)9-34-10-20)36(31,32)12-6-13(22)14-15(21)26-17(29(14)7-12)19-28-27-18(35-19)16(24)25/h6-7,16H,4-5,8-11H2,1-3H3. The number of nitrogens with zero attached hydrogens (tertiary/aromatic N) is 5. The van der Waals surface area contributed by atoms with Crippen LogP contribution in [0.2, 0.25) is 30.7 Å². The Kier molecular flexibility index (Phi) is 8.41. The Hall–Kier alpha value is -1.14. The fourth-order valence-electron chi connectivity index (χ4n) is 3.55. The lowest BCUT2D eigenvalue weighted by molar-refractivity contribution is -0.141. The molecule has 4 heterocycles. The van der Waals surface area contributed by atoms with Gasteiger partial charge >= 0.3 is 0 Å². The first kappa shape index (κ1) is 28.9. The van der Waals surface area contributed by atoms with E-state index in [-0.39, 0.29) is 45.3 Å². The Morgan fingerprint density at radius 1 is 1.35 bits per heavy atom. The molecule has 9 nitrogen and oxygen atoms in total.